The number of aromatic nitrogens is 8. The van der Waals surface area contributed by atoms with Gasteiger partial charge >= 0.3 is 0 Å². The van der Waals surface area contributed by atoms with Gasteiger partial charge in [-0.05, 0) is 18.6 Å². The van der Waals surface area contributed by atoms with E-state index in [2.05, 4.69) is 32.1 Å². The van der Waals surface area contributed by atoms with E-state index in [1.165, 1.54) is 0 Å². The van der Waals surface area contributed by atoms with Crippen LogP contribution in [0.4, 0.5) is 11.6 Å². The minimum atomic E-state index is -0.0554. The summed E-state index contributed by atoms with van der Waals surface area (Å²) < 4.78 is 3.76. The summed E-state index contributed by atoms with van der Waals surface area (Å²) in [5, 5.41) is 13.2. The van der Waals surface area contributed by atoms with Crippen molar-refractivity contribution in [1.29, 1.82) is 0 Å². The fourth-order valence-corrected chi connectivity index (χ4v) is 4.34. The van der Waals surface area contributed by atoms with Gasteiger partial charge in [-0.3, -0.25) is 19.1 Å². The Balaban J connectivity index is 1.57. The van der Waals surface area contributed by atoms with Crippen LogP contribution >= 0.6 is 0 Å². The lowest BCUT2D eigenvalue weighted by molar-refractivity contribution is 0.581. The van der Waals surface area contributed by atoms with E-state index in [-0.39, 0.29) is 6.04 Å². The molecule has 0 aliphatic carbocycles. The van der Waals surface area contributed by atoms with E-state index in [0.29, 0.717) is 5.82 Å². The van der Waals surface area contributed by atoms with E-state index >= 15 is 0 Å². The fraction of sp³-hybridized carbons (Fsp3) is 0.167. The number of anilines is 2. The molecule has 0 amide bonds. The smallest absolute Gasteiger partial charge is 0.163 e. The number of pyridine rings is 1. The standard InChI is InChI=1S/C24H21N9/c1-3-18-24-29-27-15-32(24)19-14-26-22(28-23(19)33(18)20-11-13-31(2)30-20)17-10-7-12-25-21(17)16-8-5-4-6-9-16/h4-15,18H,3H2,1-2H3/t18-/m1/s1. The van der Waals surface area contributed by atoms with Crippen LogP contribution in [0.1, 0.15) is 25.2 Å². The third-order valence-corrected chi connectivity index (χ3v) is 5.85. The van der Waals surface area contributed by atoms with Crippen molar-refractivity contribution in [3.63, 3.8) is 0 Å². The highest BCUT2D eigenvalue weighted by molar-refractivity contribution is 5.79. The minimum Gasteiger partial charge on any atom is -0.297 e. The summed E-state index contributed by atoms with van der Waals surface area (Å²) in [6, 6.07) is 15.9. The molecule has 4 aromatic heterocycles. The molecule has 1 atom stereocenters. The Hall–Kier alpha value is -4.40. The van der Waals surface area contributed by atoms with Crippen LogP contribution in [0.25, 0.3) is 28.3 Å². The molecule has 0 fully saturated rings. The maximum Gasteiger partial charge on any atom is 0.163 e. The molecule has 9 heteroatoms. The molecule has 0 unspecified atom stereocenters. The van der Waals surface area contributed by atoms with Crippen molar-refractivity contribution in [3.8, 4) is 28.3 Å². The summed E-state index contributed by atoms with van der Waals surface area (Å²) in [5.74, 6) is 3.02. The number of benzene rings is 1. The van der Waals surface area contributed by atoms with Gasteiger partial charge in [0.25, 0.3) is 0 Å². The summed E-state index contributed by atoms with van der Waals surface area (Å²) in [7, 11) is 1.91. The predicted molar refractivity (Wildman–Crippen MR) is 124 cm³/mol. The largest absolute Gasteiger partial charge is 0.297 e. The Bertz CT molecular complexity index is 1440. The minimum absolute atomic E-state index is 0.0554. The second-order valence-electron chi connectivity index (χ2n) is 7.87. The number of hydrogen-bond donors (Lipinski definition) is 0. The normalized spacial score (nSPS) is 14.7. The summed E-state index contributed by atoms with van der Waals surface area (Å²) in [6.07, 6.45) is 8.08. The van der Waals surface area contributed by atoms with Gasteiger partial charge < -0.3 is 0 Å². The third-order valence-electron chi connectivity index (χ3n) is 5.85. The van der Waals surface area contributed by atoms with E-state index in [9.17, 15) is 0 Å². The van der Waals surface area contributed by atoms with E-state index in [1.54, 1.807) is 17.2 Å². The molecule has 1 aliphatic heterocycles. The molecule has 1 aromatic carbocycles. The van der Waals surface area contributed by atoms with Crippen molar-refractivity contribution in [2.24, 2.45) is 7.05 Å². The number of aryl methyl sites for hydroxylation is 1. The molecule has 0 radical (unpaired) electrons. The Morgan fingerprint density at radius 1 is 1.00 bits per heavy atom. The summed E-state index contributed by atoms with van der Waals surface area (Å²) in [6.45, 7) is 2.13. The highest BCUT2D eigenvalue weighted by Crippen LogP contribution is 2.43. The molecule has 5 heterocycles. The molecule has 9 nitrogen and oxygen atoms in total. The zero-order valence-electron chi connectivity index (χ0n) is 18.2. The van der Waals surface area contributed by atoms with Crippen LogP contribution in [0.3, 0.4) is 0 Å². The second kappa shape index (κ2) is 7.63. The van der Waals surface area contributed by atoms with Gasteiger partial charge in [-0.2, -0.15) is 5.10 Å². The van der Waals surface area contributed by atoms with Crippen LogP contribution in [-0.4, -0.2) is 39.5 Å². The van der Waals surface area contributed by atoms with Crippen molar-refractivity contribution < 1.29 is 0 Å². The number of rotatable bonds is 4. The van der Waals surface area contributed by atoms with Crippen molar-refractivity contribution in [3.05, 3.63) is 79.3 Å². The average Bonchev–Trinajstić information content (AvgIpc) is 3.52. The molecule has 0 spiro atoms. The van der Waals surface area contributed by atoms with Gasteiger partial charge in [-0.25, -0.2) is 9.97 Å². The Kier molecular flexibility index (Phi) is 4.46. The van der Waals surface area contributed by atoms with Crippen molar-refractivity contribution >= 4 is 11.6 Å². The lowest BCUT2D eigenvalue weighted by Crippen LogP contribution is -2.32. The molecule has 0 saturated carbocycles. The fourth-order valence-electron chi connectivity index (χ4n) is 4.34. The van der Waals surface area contributed by atoms with Crippen molar-refractivity contribution in [2.45, 2.75) is 19.4 Å². The SMILES string of the molecule is CC[C@@H]1c2nncn2-c2cnc(-c3cccnc3-c3ccccc3)nc2N1c1ccn(C)n1. The number of nitrogens with zero attached hydrogens (tertiary/aromatic N) is 9. The van der Waals surface area contributed by atoms with E-state index in [4.69, 9.17) is 9.97 Å². The first kappa shape index (κ1) is 19.3. The first-order chi connectivity index (χ1) is 16.2. The van der Waals surface area contributed by atoms with Crippen LogP contribution in [0.2, 0.25) is 0 Å². The molecular weight excluding hydrogens is 414 g/mol. The molecule has 0 bridgehead atoms. The third kappa shape index (κ3) is 3.08. The highest BCUT2D eigenvalue weighted by Gasteiger charge is 2.36. The quantitative estimate of drug-likeness (QED) is 0.419. The molecule has 0 saturated heterocycles. The highest BCUT2D eigenvalue weighted by atomic mass is 15.4. The number of hydrogen-bond acceptors (Lipinski definition) is 7. The molecule has 1 aliphatic rings. The summed E-state index contributed by atoms with van der Waals surface area (Å²) in [4.78, 5) is 16.6. The van der Waals surface area contributed by atoms with Gasteiger partial charge in [0.05, 0.1) is 17.9 Å². The lowest BCUT2D eigenvalue weighted by Gasteiger charge is -2.35. The van der Waals surface area contributed by atoms with Crippen LogP contribution in [0.15, 0.2) is 73.4 Å². The topological polar surface area (TPSA) is 90.4 Å². The Morgan fingerprint density at radius 3 is 2.67 bits per heavy atom. The van der Waals surface area contributed by atoms with E-state index < -0.39 is 0 Å². The second-order valence-corrected chi connectivity index (χ2v) is 7.87. The van der Waals surface area contributed by atoms with Crippen LogP contribution in [0.5, 0.6) is 0 Å². The van der Waals surface area contributed by atoms with Gasteiger partial charge in [0.1, 0.15) is 12.0 Å². The molecule has 162 valence electrons. The molecule has 0 N–H and O–H groups in total. The summed E-state index contributed by atoms with van der Waals surface area (Å²) in [5.41, 5.74) is 3.55. The molecular formula is C24H21N9. The van der Waals surface area contributed by atoms with E-state index in [1.807, 2.05) is 72.5 Å². The molecule has 33 heavy (non-hydrogen) atoms. The molecule has 5 aromatic rings. The van der Waals surface area contributed by atoms with Gasteiger partial charge in [-0.1, -0.05) is 37.3 Å². The first-order valence-electron chi connectivity index (χ1n) is 10.8. The van der Waals surface area contributed by atoms with Crippen LogP contribution in [-0.2, 0) is 7.05 Å². The zero-order chi connectivity index (χ0) is 22.4. The number of fused-ring (bicyclic) bond motifs is 3. The monoisotopic (exact) mass is 435 g/mol. The Labute approximate surface area is 190 Å². The summed E-state index contributed by atoms with van der Waals surface area (Å²) >= 11 is 0. The van der Waals surface area contributed by atoms with Crippen LogP contribution < -0.4 is 4.90 Å². The van der Waals surface area contributed by atoms with Gasteiger partial charge in [0, 0.05) is 36.6 Å². The maximum absolute atomic E-state index is 5.06. The van der Waals surface area contributed by atoms with Crippen molar-refractivity contribution in [2.75, 3.05) is 4.90 Å². The van der Waals surface area contributed by atoms with Gasteiger partial charge in [-0.15, -0.1) is 10.2 Å². The van der Waals surface area contributed by atoms with E-state index in [0.717, 1.165) is 46.4 Å². The predicted octanol–water partition coefficient (Wildman–Crippen LogP) is 4.12. The van der Waals surface area contributed by atoms with Gasteiger partial charge in [0.15, 0.2) is 23.3 Å². The average molecular weight is 435 g/mol. The molecule has 6 rings (SSSR count). The van der Waals surface area contributed by atoms with Crippen molar-refractivity contribution in [1.82, 2.24) is 39.5 Å². The Morgan fingerprint density at radius 2 is 1.88 bits per heavy atom. The zero-order valence-corrected chi connectivity index (χ0v) is 18.2. The maximum atomic E-state index is 5.06. The van der Waals surface area contributed by atoms with Gasteiger partial charge in [0.2, 0.25) is 0 Å². The van der Waals surface area contributed by atoms with Crippen LogP contribution in [0, 0.1) is 0 Å². The lowest BCUT2D eigenvalue weighted by atomic mass is 10.0. The first-order valence-corrected chi connectivity index (χ1v) is 10.8.